The van der Waals surface area contributed by atoms with Crippen molar-refractivity contribution < 1.29 is 14.3 Å². The van der Waals surface area contributed by atoms with E-state index < -0.39 is 6.09 Å². The molecule has 1 aromatic heterocycles. The maximum absolute atomic E-state index is 12.8. The number of amides is 1. The van der Waals surface area contributed by atoms with Gasteiger partial charge in [-0.05, 0) is 31.9 Å². The lowest BCUT2D eigenvalue weighted by Crippen LogP contribution is -2.46. The van der Waals surface area contributed by atoms with Gasteiger partial charge in [0.2, 0.25) is 0 Å². The van der Waals surface area contributed by atoms with Crippen LogP contribution in [0.2, 0.25) is 0 Å². The van der Waals surface area contributed by atoms with Gasteiger partial charge in [0.15, 0.2) is 5.78 Å². The number of benzene rings is 1. The molecule has 3 rings (SSSR count). The molecule has 2 heterocycles. The molecule has 1 aliphatic heterocycles. The molecule has 0 bridgehead atoms. The van der Waals surface area contributed by atoms with Gasteiger partial charge in [0.25, 0.3) is 0 Å². The number of carbonyl (C=O) groups is 2. The third kappa shape index (κ3) is 3.40. The highest BCUT2D eigenvalue weighted by molar-refractivity contribution is 6.08. The van der Waals surface area contributed by atoms with E-state index in [4.69, 9.17) is 4.74 Å². The molecule has 0 aliphatic carbocycles. The summed E-state index contributed by atoms with van der Waals surface area (Å²) in [6.45, 7) is 5.85. The first-order valence-electron chi connectivity index (χ1n) is 8.52. The van der Waals surface area contributed by atoms with E-state index in [-0.39, 0.29) is 18.4 Å². The van der Waals surface area contributed by atoms with E-state index in [1.165, 1.54) is 0 Å². The van der Waals surface area contributed by atoms with Crippen LogP contribution in [0.15, 0.2) is 36.4 Å². The zero-order valence-electron chi connectivity index (χ0n) is 14.8. The Morgan fingerprint density at radius 1 is 1.28 bits per heavy atom. The Labute approximate surface area is 147 Å². The minimum absolute atomic E-state index is 0.0579. The Bertz CT molecular complexity index is 802. The number of fused-ring (bicyclic) bond motifs is 1. The van der Waals surface area contributed by atoms with Gasteiger partial charge in [0.05, 0.1) is 11.4 Å². The van der Waals surface area contributed by atoms with E-state index in [9.17, 15) is 9.59 Å². The minimum atomic E-state index is -0.432. The number of hydrogen-bond acceptors (Lipinski definition) is 4. The van der Waals surface area contributed by atoms with Crippen molar-refractivity contribution in [1.29, 1.82) is 0 Å². The molecule has 130 valence electrons. The predicted octanol–water partition coefficient (Wildman–Crippen LogP) is 4.21. The van der Waals surface area contributed by atoms with E-state index in [1.54, 1.807) is 11.0 Å². The van der Waals surface area contributed by atoms with Crippen molar-refractivity contribution in [2.24, 2.45) is 0 Å². The number of aryl methyl sites for hydroxylation is 2. The molecule has 1 amide bonds. The molecule has 1 unspecified atom stereocenters. The molecule has 25 heavy (non-hydrogen) atoms. The quantitative estimate of drug-likeness (QED) is 0.841. The van der Waals surface area contributed by atoms with Gasteiger partial charge < -0.3 is 4.74 Å². The first-order chi connectivity index (χ1) is 12.0. The molecule has 1 aliphatic rings. The van der Waals surface area contributed by atoms with Gasteiger partial charge in [-0.3, -0.25) is 14.7 Å². The van der Waals surface area contributed by atoms with E-state index in [1.807, 2.05) is 51.1 Å². The zero-order chi connectivity index (χ0) is 18.0. The number of ether oxygens (including phenoxy) is 1. The number of pyridine rings is 1. The van der Waals surface area contributed by atoms with Gasteiger partial charge in [-0.15, -0.1) is 0 Å². The average Bonchev–Trinajstić information content (AvgIpc) is 2.60. The van der Waals surface area contributed by atoms with Crippen LogP contribution in [0.3, 0.4) is 0 Å². The molecule has 2 aromatic rings. The summed E-state index contributed by atoms with van der Waals surface area (Å²) in [4.78, 5) is 31.4. The molecule has 0 spiro atoms. The van der Waals surface area contributed by atoms with Crippen molar-refractivity contribution in [3.63, 3.8) is 0 Å². The second-order valence-corrected chi connectivity index (χ2v) is 6.34. The second-order valence-electron chi connectivity index (χ2n) is 6.34. The fourth-order valence-corrected chi connectivity index (χ4v) is 3.29. The van der Waals surface area contributed by atoms with Crippen LogP contribution in [0.4, 0.5) is 10.5 Å². The van der Waals surface area contributed by atoms with Crippen molar-refractivity contribution >= 4 is 17.6 Å². The van der Waals surface area contributed by atoms with Crippen LogP contribution in [0.25, 0.3) is 0 Å². The molecule has 0 radical (unpaired) electrons. The van der Waals surface area contributed by atoms with E-state index in [0.717, 1.165) is 11.3 Å². The molecular weight excluding hydrogens is 316 g/mol. The van der Waals surface area contributed by atoms with Crippen molar-refractivity contribution in [3.8, 4) is 0 Å². The zero-order valence-corrected chi connectivity index (χ0v) is 14.8. The fourth-order valence-electron chi connectivity index (χ4n) is 3.29. The van der Waals surface area contributed by atoms with Crippen LogP contribution in [-0.2, 0) is 11.3 Å². The van der Waals surface area contributed by atoms with Crippen molar-refractivity contribution in [3.05, 3.63) is 58.9 Å². The molecule has 1 aromatic carbocycles. The first kappa shape index (κ1) is 17.1. The third-order valence-electron chi connectivity index (χ3n) is 4.50. The lowest BCUT2D eigenvalue weighted by molar-refractivity contribution is 0.0960. The maximum atomic E-state index is 12.8. The Morgan fingerprint density at radius 3 is 2.68 bits per heavy atom. The molecule has 5 nitrogen and oxygen atoms in total. The Kier molecular flexibility index (Phi) is 4.83. The Morgan fingerprint density at radius 2 is 2.00 bits per heavy atom. The normalized spacial score (nSPS) is 16.5. The van der Waals surface area contributed by atoms with Crippen LogP contribution >= 0.6 is 0 Å². The lowest BCUT2D eigenvalue weighted by Gasteiger charge is -2.36. The number of rotatable bonds is 3. The average molecular weight is 338 g/mol. The van der Waals surface area contributed by atoms with E-state index in [2.05, 4.69) is 4.98 Å². The summed E-state index contributed by atoms with van der Waals surface area (Å²) < 4.78 is 5.52. The molecule has 0 fully saturated rings. The largest absolute Gasteiger partial charge is 0.444 e. The maximum Gasteiger partial charge on any atom is 0.414 e. The monoisotopic (exact) mass is 338 g/mol. The van der Waals surface area contributed by atoms with Gasteiger partial charge in [-0.25, -0.2) is 4.79 Å². The highest BCUT2D eigenvalue weighted by Crippen LogP contribution is 2.35. The number of ketones is 1. The summed E-state index contributed by atoms with van der Waals surface area (Å²) in [5.74, 6) is 0.0579. The second kappa shape index (κ2) is 7.05. The summed E-state index contributed by atoms with van der Waals surface area (Å²) in [6, 6.07) is 11.1. The van der Waals surface area contributed by atoms with Crippen molar-refractivity contribution in [1.82, 2.24) is 4.98 Å². The first-order valence-corrected chi connectivity index (χ1v) is 8.52. The van der Waals surface area contributed by atoms with Gasteiger partial charge in [0, 0.05) is 23.7 Å². The minimum Gasteiger partial charge on any atom is -0.444 e. The smallest absolute Gasteiger partial charge is 0.414 e. The number of carbonyl (C=O) groups excluding carboxylic acids is 2. The number of aromatic nitrogens is 1. The van der Waals surface area contributed by atoms with E-state index in [0.29, 0.717) is 29.8 Å². The molecule has 0 N–H and O–H groups in total. The summed E-state index contributed by atoms with van der Waals surface area (Å²) >= 11 is 0. The van der Waals surface area contributed by atoms with Gasteiger partial charge in [-0.2, -0.15) is 0 Å². The highest BCUT2D eigenvalue weighted by atomic mass is 16.6. The number of nitrogens with zero attached hydrogens (tertiary/aromatic N) is 2. The standard InChI is InChI=1S/C20H22N2O3/c1-4-16-11-18(23)17-10-13(2)21-14(3)19(17)22(16)20(24)25-12-15-8-6-5-7-9-15/h5-10,16H,4,11-12H2,1-3H3. The predicted molar refractivity (Wildman–Crippen MR) is 95.8 cm³/mol. The Hall–Kier alpha value is -2.69. The van der Waals surface area contributed by atoms with Crippen LogP contribution in [0.5, 0.6) is 0 Å². The van der Waals surface area contributed by atoms with Crippen LogP contribution in [0.1, 0.15) is 47.1 Å². The molecule has 1 atom stereocenters. The van der Waals surface area contributed by atoms with Crippen LogP contribution in [-0.4, -0.2) is 22.9 Å². The molecular formula is C20H22N2O3. The van der Waals surface area contributed by atoms with Gasteiger partial charge in [0.1, 0.15) is 6.61 Å². The highest BCUT2D eigenvalue weighted by Gasteiger charge is 2.37. The van der Waals surface area contributed by atoms with Crippen molar-refractivity contribution in [2.75, 3.05) is 4.90 Å². The van der Waals surface area contributed by atoms with Crippen LogP contribution in [0, 0.1) is 13.8 Å². The van der Waals surface area contributed by atoms with E-state index >= 15 is 0 Å². The lowest BCUT2D eigenvalue weighted by atomic mass is 9.92. The van der Waals surface area contributed by atoms with Gasteiger partial charge in [-0.1, -0.05) is 37.3 Å². The molecule has 5 heteroatoms. The third-order valence-corrected chi connectivity index (χ3v) is 4.50. The topological polar surface area (TPSA) is 59.5 Å². The molecule has 0 saturated heterocycles. The summed E-state index contributed by atoms with van der Waals surface area (Å²) in [5, 5.41) is 0. The summed E-state index contributed by atoms with van der Waals surface area (Å²) in [6.07, 6.45) is 0.560. The Balaban J connectivity index is 1.92. The number of hydrogen-bond donors (Lipinski definition) is 0. The summed E-state index contributed by atoms with van der Waals surface area (Å²) in [7, 11) is 0. The van der Waals surface area contributed by atoms with Crippen molar-refractivity contribution in [2.45, 2.75) is 46.3 Å². The number of anilines is 1. The number of Topliss-reactive ketones (excluding diaryl/α,β-unsaturated/α-hetero) is 1. The summed E-state index contributed by atoms with van der Waals surface area (Å²) in [5.41, 5.74) is 3.53. The van der Waals surface area contributed by atoms with Gasteiger partial charge >= 0.3 is 6.09 Å². The van der Waals surface area contributed by atoms with Crippen LogP contribution < -0.4 is 4.90 Å². The fraction of sp³-hybridized carbons (Fsp3) is 0.350. The SMILES string of the molecule is CCC1CC(=O)c2cc(C)nc(C)c2N1C(=O)OCc1ccccc1. The molecule has 0 saturated carbocycles.